The summed E-state index contributed by atoms with van der Waals surface area (Å²) in [6.45, 7) is 1.53. The first-order valence-electron chi connectivity index (χ1n) is 3.28. The van der Waals surface area contributed by atoms with Gasteiger partial charge in [0.25, 0.3) is 0 Å². The fourth-order valence-electron chi connectivity index (χ4n) is 0.808. The van der Waals surface area contributed by atoms with Gasteiger partial charge in [-0.3, -0.25) is 9.78 Å². The first-order valence-corrected chi connectivity index (χ1v) is 3.66. The van der Waals surface area contributed by atoms with E-state index in [9.17, 15) is 4.79 Å². The number of pyridine rings is 1. The van der Waals surface area contributed by atoms with E-state index in [1.54, 1.807) is 18.5 Å². The summed E-state index contributed by atoms with van der Waals surface area (Å²) in [5, 5.41) is 0.607. The highest BCUT2D eigenvalue weighted by molar-refractivity contribution is 6.31. The molecule has 0 bridgehead atoms. The van der Waals surface area contributed by atoms with Gasteiger partial charge in [-0.15, -0.1) is 0 Å². The van der Waals surface area contributed by atoms with E-state index in [1.165, 1.54) is 6.92 Å². The highest BCUT2D eigenvalue weighted by atomic mass is 35.5. The molecular weight excluding hydrogens is 162 g/mol. The molecule has 0 N–H and O–H groups in total. The predicted molar refractivity (Wildman–Crippen MR) is 43.6 cm³/mol. The highest BCUT2D eigenvalue weighted by Crippen LogP contribution is 2.13. The number of Topliss-reactive ketones (excluding diaryl/α,β-unsaturated/α-hetero) is 1. The van der Waals surface area contributed by atoms with Crippen LogP contribution in [0.4, 0.5) is 0 Å². The lowest BCUT2D eigenvalue weighted by atomic mass is 10.1. The van der Waals surface area contributed by atoms with Gasteiger partial charge in [-0.2, -0.15) is 0 Å². The molecule has 0 spiro atoms. The smallest absolute Gasteiger partial charge is 0.134 e. The molecule has 0 saturated carbocycles. The third-order valence-corrected chi connectivity index (χ3v) is 1.65. The van der Waals surface area contributed by atoms with Gasteiger partial charge in [0.15, 0.2) is 0 Å². The summed E-state index contributed by atoms with van der Waals surface area (Å²) in [5.74, 6) is 0.0971. The van der Waals surface area contributed by atoms with Gasteiger partial charge in [0.1, 0.15) is 5.78 Å². The van der Waals surface area contributed by atoms with E-state index >= 15 is 0 Å². The van der Waals surface area contributed by atoms with Crippen molar-refractivity contribution in [3.8, 4) is 0 Å². The minimum atomic E-state index is 0.0971. The van der Waals surface area contributed by atoms with Crippen molar-refractivity contribution in [2.75, 3.05) is 0 Å². The molecule has 0 aliphatic carbocycles. The molecule has 3 heteroatoms. The van der Waals surface area contributed by atoms with Gasteiger partial charge in [-0.1, -0.05) is 11.6 Å². The molecule has 11 heavy (non-hydrogen) atoms. The molecular formula is C8H8ClNO. The molecule has 1 heterocycles. The minimum absolute atomic E-state index is 0.0971. The van der Waals surface area contributed by atoms with E-state index in [0.717, 1.165) is 5.56 Å². The van der Waals surface area contributed by atoms with Crippen molar-refractivity contribution in [1.82, 2.24) is 4.98 Å². The Bertz CT molecular complexity index is 273. The molecule has 2 nitrogen and oxygen atoms in total. The molecule has 0 atom stereocenters. The molecule has 1 aromatic heterocycles. The SMILES string of the molecule is CC(=O)Cc1cnccc1Cl. The molecule has 58 valence electrons. The van der Waals surface area contributed by atoms with Crippen LogP contribution in [0.25, 0.3) is 0 Å². The quantitative estimate of drug-likeness (QED) is 0.677. The standard InChI is InChI=1S/C8H8ClNO/c1-6(11)4-7-5-10-3-2-8(7)9/h2-3,5H,4H2,1H3. The van der Waals surface area contributed by atoms with Crippen LogP contribution in [0, 0.1) is 0 Å². The van der Waals surface area contributed by atoms with Gasteiger partial charge in [0, 0.05) is 23.8 Å². The Balaban J connectivity index is 2.86. The Kier molecular flexibility index (Phi) is 2.60. The molecule has 0 aliphatic heterocycles. The van der Waals surface area contributed by atoms with Gasteiger partial charge in [0.2, 0.25) is 0 Å². The number of hydrogen-bond acceptors (Lipinski definition) is 2. The summed E-state index contributed by atoms with van der Waals surface area (Å²) < 4.78 is 0. The van der Waals surface area contributed by atoms with Gasteiger partial charge in [-0.05, 0) is 18.6 Å². The first kappa shape index (κ1) is 8.21. The summed E-state index contributed by atoms with van der Waals surface area (Å²) in [5.41, 5.74) is 0.793. The average molecular weight is 170 g/mol. The summed E-state index contributed by atoms with van der Waals surface area (Å²) in [4.78, 5) is 14.5. The van der Waals surface area contributed by atoms with Crippen molar-refractivity contribution in [2.24, 2.45) is 0 Å². The number of carbonyl (C=O) groups is 1. The van der Waals surface area contributed by atoms with Crippen molar-refractivity contribution in [3.05, 3.63) is 29.0 Å². The number of carbonyl (C=O) groups excluding carboxylic acids is 1. The number of hydrogen-bond donors (Lipinski definition) is 0. The monoisotopic (exact) mass is 169 g/mol. The lowest BCUT2D eigenvalue weighted by Crippen LogP contribution is -1.97. The summed E-state index contributed by atoms with van der Waals surface area (Å²) in [6, 6.07) is 1.68. The largest absolute Gasteiger partial charge is 0.300 e. The zero-order chi connectivity index (χ0) is 8.27. The molecule has 0 radical (unpaired) electrons. The second-order valence-electron chi connectivity index (χ2n) is 2.35. The Morgan fingerprint density at radius 1 is 1.73 bits per heavy atom. The van der Waals surface area contributed by atoms with Gasteiger partial charge >= 0.3 is 0 Å². The summed E-state index contributed by atoms with van der Waals surface area (Å²) >= 11 is 5.78. The zero-order valence-corrected chi connectivity index (χ0v) is 6.93. The predicted octanol–water partition coefficient (Wildman–Crippen LogP) is 1.87. The van der Waals surface area contributed by atoms with Crippen molar-refractivity contribution in [1.29, 1.82) is 0 Å². The molecule has 1 aromatic rings. The fraction of sp³-hybridized carbons (Fsp3) is 0.250. The van der Waals surface area contributed by atoms with E-state index in [1.807, 2.05) is 0 Å². The lowest BCUT2D eigenvalue weighted by molar-refractivity contribution is -0.116. The topological polar surface area (TPSA) is 30.0 Å². The normalized spacial score (nSPS) is 9.64. The maximum atomic E-state index is 10.7. The van der Waals surface area contributed by atoms with Gasteiger partial charge in [0.05, 0.1) is 0 Å². The van der Waals surface area contributed by atoms with E-state index < -0.39 is 0 Å². The van der Waals surface area contributed by atoms with E-state index in [2.05, 4.69) is 4.98 Å². The molecule has 0 saturated heterocycles. The van der Waals surface area contributed by atoms with Crippen molar-refractivity contribution >= 4 is 17.4 Å². The van der Waals surface area contributed by atoms with Crippen LogP contribution in [-0.2, 0) is 11.2 Å². The summed E-state index contributed by atoms with van der Waals surface area (Å²) in [6.07, 6.45) is 3.59. The highest BCUT2D eigenvalue weighted by Gasteiger charge is 2.01. The van der Waals surface area contributed by atoms with Crippen molar-refractivity contribution in [2.45, 2.75) is 13.3 Å². The molecule has 0 unspecified atom stereocenters. The second-order valence-corrected chi connectivity index (χ2v) is 2.75. The van der Waals surface area contributed by atoms with Crippen LogP contribution in [0.3, 0.4) is 0 Å². The fourth-order valence-corrected chi connectivity index (χ4v) is 0.980. The van der Waals surface area contributed by atoms with E-state index in [4.69, 9.17) is 11.6 Å². The molecule has 0 aromatic carbocycles. The second kappa shape index (κ2) is 3.49. The van der Waals surface area contributed by atoms with Crippen LogP contribution in [0.5, 0.6) is 0 Å². The maximum absolute atomic E-state index is 10.7. The third-order valence-electron chi connectivity index (χ3n) is 1.28. The van der Waals surface area contributed by atoms with E-state index in [-0.39, 0.29) is 5.78 Å². The Morgan fingerprint density at radius 2 is 2.45 bits per heavy atom. The molecule has 0 fully saturated rings. The van der Waals surface area contributed by atoms with Crippen LogP contribution in [0.1, 0.15) is 12.5 Å². The number of halogens is 1. The van der Waals surface area contributed by atoms with Crippen LogP contribution in [0.15, 0.2) is 18.5 Å². The molecule has 1 rings (SSSR count). The van der Waals surface area contributed by atoms with Crippen LogP contribution in [-0.4, -0.2) is 10.8 Å². The number of aromatic nitrogens is 1. The van der Waals surface area contributed by atoms with Crippen LogP contribution < -0.4 is 0 Å². The van der Waals surface area contributed by atoms with Crippen LogP contribution in [0.2, 0.25) is 5.02 Å². The molecule has 0 aliphatic rings. The van der Waals surface area contributed by atoms with Gasteiger partial charge in [-0.25, -0.2) is 0 Å². The average Bonchev–Trinajstić information content (AvgIpc) is 1.93. The maximum Gasteiger partial charge on any atom is 0.134 e. The zero-order valence-electron chi connectivity index (χ0n) is 6.17. The Hall–Kier alpha value is -0.890. The first-order chi connectivity index (χ1) is 5.20. The Morgan fingerprint density at radius 3 is 3.00 bits per heavy atom. The minimum Gasteiger partial charge on any atom is -0.300 e. The number of rotatable bonds is 2. The van der Waals surface area contributed by atoms with Crippen molar-refractivity contribution < 1.29 is 4.79 Å². The van der Waals surface area contributed by atoms with Gasteiger partial charge < -0.3 is 0 Å². The van der Waals surface area contributed by atoms with Crippen molar-refractivity contribution in [3.63, 3.8) is 0 Å². The van der Waals surface area contributed by atoms with Crippen LogP contribution >= 0.6 is 11.6 Å². The number of nitrogens with zero attached hydrogens (tertiary/aromatic N) is 1. The Labute approximate surface area is 70.2 Å². The molecule has 0 amide bonds. The van der Waals surface area contributed by atoms with E-state index in [0.29, 0.717) is 11.4 Å². The third kappa shape index (κ3) is 2.31. The lowest BCUT2D eigenvalue weighted by Gasteiger charge is -1.97. The summed E-state index contributed by atoms with van der Waals surface area (Å²) in [7, 11) is 0. The number of ketones is 1.